The number of nitrogens with one attached hydrogen (secondary N) is 1. The third kappa shape index (κ3) is 3.22. The van der Waals surface area contributed by atoms with Crippen LogP contribution >= 0.6 is 0 Å². The van der Waals surface area contributed by atoms with Crippen LogP contribution in [0.5, 0.6) is 0 Å². The van der Waals surface area contributed by atoms with Crippen molar-refractivity contribution in [3.63, 3.8) is 0 Å². The quantitative estimate of drug-likeness (QED) is 0.698. The monoisotopic (exact) mass is 194 g/mol. The van der Waals surface area contributed by atoms with E-state index in [0.717, 1.165) is 0 Å². The van der Waals surface area contributed by atoms with E-state index in [2.05, 4.69) is 10.3 Å². The van der Waals surface area contributed by atoms with Gasteiger partial charge in [0.15, 0.2) is 5.78 Å². The van der Waals surface area contributed by atoms with Gasteiger partial charge in [-0.1, -0.05) is 6.07 Å². The Morgan fingerprint density at radius 3 is 2.79 bits per heavy atom. The van der Waals surface area contributed by atoms with Crippen LogP contribution < -0.4 is 5.32 Å². The molecule has 0 bridgehead atoms. The van der Waals surface area contributed by atoms with Crippen molar-refractivity contribution in [1.29, 1.82) is 0 Å². The molecule has 0 aliphatic carbocycles. The molecule has 0 aromatic carbocycles. The fourth-order valence-corrected chi connectivity index (χ4v) is 0.939. The van der Waals surface area contributed by atoms with Gasteiger partial charge in [0.1, 0.15) is 5.69 Å². The van der Waals surface area contributed by atoms with Crippen molar-refractivity contribution in [1.82, 2.24) is 10.3 Å². The number of carbonyl (C=O) groups is 2. The first-order valence-electron chi connectivity index (χ1n) is 4.11. The Bertz CT molecular complexity index is 324. The lowest BCUT2D eigenvalue weighted by atomic mass is 10.2. The fourth-order valence-electron chi connectivity index (χ4n) is 0.939. The van der Waals surface area contributed by atoms with E-state index in [4.69, 9.17) is 5.11 Å². The highest BCUT2D eigenvalue weighted by atomic mass is 16.4. The third-order valence-corrected chi connectivity index (χ3v) is 1.58. The van der Waals surface area contributed by atoms with Gasteiger partial charge in [0.25, 0.3) is 0 Å². The largest absolute Gasteiger partial charge is 0.465 e. The fraction of sp³-hybridized carbons (Fsp3) is 0.222. The van der Waals surface area contributed by atoms with Crippen molar-refractivity contribution in [2.45, 2.75) is 6.42 Å². The van der Waals surface area contributed by atoms with E-state index in [1.807, 2.05) is 0 Å². The molecule has 2 N–H and O–H groups in total. The van der Waals surface area contributed by atoms with Crippen molar-refractivity contribution in [2.75, 3.05) is 6.54 Å². The minimum atomic E-state index is -1.13. The Hall–Kier alpha value is -1.91. The molecule has 1 aromatic rings. The van der Waals surface area contributed by atoms with Gasteiger partial charge in [-0.2, -0.15) is 0 Å². The van der Waals surface area contributed by atoms with Gasteiger partial charge in [-0.15, -0.1) is 0 Å². The van der Waals surface area contributed by atoms with Crippen LogP contribution in [0.4, 0.5) is 4.79 Å². The Balaban J connectivity index is 2.40. The maximum Gasteiger partial charge on any atom is 0.404 e. The predicted octanol–water partition coefficient (Wildman–Crippen LogP) is 0.922. The van der Waals surface area contributed by atoms with E-state index < -0.39 is 6.09 Å². The standard InChI is InChI=1S/C9H10N2O3/c12-8(4-6-11-9(13)14)7-3-1-2-5-10-7/h1-3,5,11H,4,6H2,(H,13,14). The lowest BCUT2D eigenvalue weighted by molar-refractivity contribution is 0.0978. The molecule has 1 heterocycles. The SMILES string of the molecule is O=C(O)NCCC(=O)c1ccccn1. The van der Waals surface area contributed by atoms with Crippen molar-refractivity contribution < 1.29 is 14.7 Å². The highest BCUT2D eigenvalue weighted by Crippen LogP contribution is 1.97. The molecule has 74 valence electrons. The predicted molar refractivity (Wildman–Crippen MR) is 49.2 cm³/mol. The van der Waals surface area contributed by atoms with Gasteiger partial charge >= 0.3 is 6.09 Å². The molecule has 0 saturated carbocycles. The normalized spacial score (nSPS) is 9.43. The van der Waals surface area contributed by atoms with Crippen molar-refractivity contribution in [3.8, 4) is 0 Å². The molecule has 0 aliphatic rings. The number of aromatic nitrogens is 1. The first kappa shape index (κ1) is 10.2. The molecule has 1 aromatic heterocycles. The Morgan fingerprint density at radius 1 is 1.43 bits per heavy atom. The number of ketones is 1. The summed E-state index contributed by atoms with van der Waals surface area (Å²) >= 11 is 0. The molecule has 14 heavy (non-hydrogen) atoms. The zero-order valence-corrected chi connectivity index (χ0v) is 7.43. The molecule has 1 amide bonds. The Labute approximate surface area is 80.8 Å². The highest BCUT2D eigenvalue weighted by Gasteiger charge is 2.06. The molecule has 0 saturated heterocycles. The van der Waals surface area contributed by atoms with Crippen LogP contribution in [-0.2, 0) is 0 Å². The average molecular weight is 194 g/mol. The van der Waals surface area contributed by atoms with Crippen LogP contribution in [0.2, 0.25) is 0 Å². The van der Waals surface area contributed by atoms with Crippen LogP contribution in [-0.4, -0.2) is 28.5 Å². The van der Waals surface area contributed by atoms with Gasteiger partial charge in [-0.05, 0) is 12.1 Å². The number of hydrogen-bond acceptors (Lipinski definition) is 3. The van der Waals surface area contributed by atoms with Crippen LogP contribution in [0.1, 0.15) is 16.9 Å². The second-order valence-electron chi connectivity index (χ2n) is 2.62. The molecule has 0 aliphatic heterocycles. The van der Waals surface area contributed by atoms with E-state index in [1.54, 1.807) is 18.2 Å². The number of carbonyl (C=O) groups excluding carboxylic acids is 1. The minimum absolute atomic E-state index is 0.116. The summed E-state index contributed by atoms with van der Waals surface area (Å²) in [6.07, 6.45) is 0.528. The van der Waals surface area contributed by atoms with Crippen LogP contribution in [0.25, 0.3) is 0 Å². The van der Waals surface area contributed by atoms with Gasteiger partial charge in [0.05, 0.1) is 0 Å². The summed E-state index contributed by atoms with van der Waals surface area (Å²) in [7, 11) is 0. The van der Waals surface area contributed by atoms with Crippen molar-refractivity contribution in [3.05, 3.63) is 30.1 Å². The summed E-state index contributed by atoms with van der Waals surface area (Å²) in [5.74, 6) is -0.167. The highest BCUT2D eigenvalue weighted by molar-refractivity contribution is 5.94. The summed E-state index contributed by atoms with van der Waals surface area (Å²) in [6.45, 7) is 0.116. The van der Waals surface area contributed by atoms with Crippen LogP contribution in [0.15, 0.2) is 24.4 Å². The molecule has 5 nitrogen and oxygen atoms in total. The molecular weight excluding hydrogens is 184 g/mol. The maximum atomic E-state index is 11.3. The number of carboxylic acid groups (broad SMARTS) is 1. The van der Waals surface area contributed by atoms with Gasteiger partial charge in [-0.3, -0.25) is 9.78 Å². The first-order chi connectivity index (χ1) is 6.70. The van der Waals surface area contributed by atoms with E-state index >= 15 is 0 Å². The van der Waals surface area contributed by atoms with Gasteiger partial charge in [0.2, 0.25) is 0 Å². The summed E-state index contributed by atoms with van der Waals surface area (Å²) in [4.78, 5) is 25.3. The number of Topliss-reactive ketones (excluding diaryl/α,β-unsaturated/α-hetero) is 1. The summed E-state index contributed by atoms with van der Waals surface area (Å²) in [5, 5.41) is 10.4. The number of nitrogens with zero attached hydrogens (tertiary/aromatic N) is 1. The molecule has 0 atom stereocenters. The zero-order chi connectivity index (χ0) is 10.4. The number of pyridine rings is 1. The molecule has 0 spiro atoms. The minimum Gasteiger partial charge on any atom is -0.465 e. The van der Waals surface area contributed by atoms with E-state index in [-0.39, 0.29) is 18.7 Å². The topological polar surface area (TPSA) is 79.3 Å². The van der Waals surface area contributed by atoms with Crippen molar-refractivity contribution >= 4 is 11.9 Å². The van der Waals surface area contributed by atoms with Gasteiger partial charge in [0, 0.05) is 19.2 Å². The second-order valence-corrected chi connectivity index (χ2v) is 2.62. The van der Waals surface area contributed by atoms with Crippen LogP contribution in [0.3, 0.4) is 0 Å². The van der Waals surface area contributed by atoms with Crippen molar-refractivity contribution in [2.24, 2.45) is 0 Å². The van der Waals surface area contributed by atoms with Gasteiger partial charge < -0.3 is 10.4 Å². The number of hydrogen-bond donors (Lipinski definition) is 2. The van der Waals surface area contributed by atoms with E-state index in [1.165, 1.54) is 6.20 Å². The Kier molecular flexibility index (Phi) is 3.60. The van der Waals surface area contributed by atoms with Crippen LogP contribution in [0, 0.1) is 0 Å². The maximum absolute atomic E-state index is 11.3. The lowest BCUT2D eigenvalue weighted by Gasteiger charge is -1.99. The number of rotatable bonds is 4. The molecule has 0 radical (unpaired) electrons. The molecule has 0 unspecified atom stereocenters. The number of amides is 1. The Morgan fingerprint density at radius 2 is 2.21 bits per heavy atom. The summed E-state index contributed by atoms with van der Waals surface area (Å²) < 4.78 is 0. The first-order valence-corrected chi connectivity index (χ1v) is 4.11. The molecule has 1 rings (SSSR count). The summed E-state index contributed by atoms with van der Waals surface area (Å²) in [5.41, 5.74) is 0.361. The third-order valence-electron chi connectivity index (χ3n) is 1.58. The summed E-state index contributed by atoms with van der Waals surface area (Å²) in [6, 6.07) is 5.03. The smallest absolute Gasteiger partial charge is 0.404 e. The zero-order valence-electron chi connectivity index (χ0n) is 7.43. The molecule has 0 fully saturated rings. The van der Waals surface area contributed by atoms with E-state index in [9.17, 15) is 9.59 Å². The average Bonchev–Trinajstić information content (AvgIpc) is 2.18. The lowest BCUT2D eigenvalue weighted by Crippen LogP contribution is -2.24. The molecular formula is C9H10N2O3. The molecule has 5 heteroatoms. The second kappa shape index (κ2) is 4.96. The van der Waals surface area contributed by atoms with E-state index in [0.29, 0.717) is 5.69 Å². The van der Waals surface area contributed by atoms with Gasteiger partial charge in [-0.25, -0.2) is 4.79 Å².